The van der Waals surface area contributed by atoms with Crippen molar-refractivity contribution >= 4 is 27.5 Å². The van der Waals surface area contributed by atoms with Crippen LogP contribution in [0, 0.1) is 0 Å². The first-order chi connectivity index (χ1) is 8.56. The highest BCUT2D eigenvalue weighted by atomic mass is 79.9. The fraction of sp³-hybridized carbons (Fsp3) is 0.583. The lowest BCUT2D eigenvalue weighted by Gasteiger charge is -2.10. The number of hydrogen-bond donors (Lipinski definition) is 1. The maximum absolute atomic E-state index is 5.15. The second kappa shape index (κ2) is 5.65. The van der Waals surface area contributed by atoms with Crippen molar-refractivity contribution in [1.29, 1.82) is 0 Å². The van der Waals surface area contributed by atoms with Gasteiger partial charge >= 0.3 is 0 Å². The van der Waals surface area contributed by atoms with Crippen LogP contribution in [0.1, 0.15) is 38.9 Å². The second-order valence-electron chi connectivity index (χ2n) is 4.71. The van der Waals surface area contributed by atoms with E-state index in [0.717, 1.165) is 28.2 Å². The Kier molecular flexibility index (Phi) is 4.16. The third-order valence-electron chi connectivity index (χ3n) is 2.62. The van der Waals surface area contributed by atoms with Crippen molar-refractivity contribution in [1.82, 2.24) is 9.97 Å². The molecule has 0 saturated heterocycles. The molecule has 2 heterocycles. The number of oxime groups is 1. The van der Waals surface area contributed by atoms with Crippen molar-refractivity contribution in [2.24, 2.45) is 5.16 Å². The van der Waals surface area contributed by atoms with E-state index in [9.17, 15) is 0 Å². The molecule has 1 aliphatic heterocycles. The van der Waals surface area contributed by atoms with Crippen molar-refractivity contribution in [3.8, 4) is 0 Å². The molecule has 98 valence electrons. The monoisotopic (exact) mass is 312 g/mol. The van der Waals surface area contributed by atoms with E-state index >= 15 is 0 Å². The van der Waals surface area contributed by atoms with Gasteiger partial charge in [-0.15, -0.1) is 0 Å². The largest absolute Gasteiger partial charge is 0.392 e. The zero-order valence-corrected chi connectivity index (χ0v) is 12.4. The molecule has 1 unspecified atom stereocenters. The molecule has 1 atom stereocenters. The molecule has 1 aliphatic rings. The molecule has 2 rings (SSSR count). The van der Waals surface area contributed by atoms with E-state index in [4.69, 9.17) is 4.84 Å². The topological polar surface area (TPSA) is 59.4 Å². The number of aromatic nitrogens is 2. The fourth-order valence-electron chi connectivity index (χ4n) is 1.64. The zero-order chi connectivity index (χ0) is 13.1. The van der Waals surface area contributed by atoms with Gasteiger partial charge in [0.25, 0.3) is 0 Å². The molecule has 0 fully saturated rings. The van der Waals surface area contributed by atoms with Crippen molar-refractivity contribution in [3.05, 3.63) is 16.5 Å². The summed E-state index contributed by atoms with van der Waals surface area (Å²) in [6.07, 6.45) is 2.83. The number of nitrogens with zero attached hydrogens (tertiary/aromatic N) is 3. The Morgan fingerprint density at radius 2 is 2.33 bits per heavy atom. The summed E-state index contributed by atoms with van der Waals surface area (Å²) in [5.74, 6) is 1.94. The van der Waals surface area contributed by atoms with E-state index < -0.39 is 0 Å². The highest BCUT2D eigenvalue weighted by molar-refractivity contribution is 9.10. The molecule has 1 aromatic rings. The Labute approximate surface area is 115 Å². The summed E-state index contributed by atoms with van der Waals surface area (Å²) in [4.78, 5) is 13.9. The first-order valence-corrected chi connectivity index (χ1v) is 6.83. The fourth-order valence-corrected chi connectivity index (χ4v) is 1.98. The van der Waals surface area contributed by atoms with Gasteiger partial charge in [-0.3, -0.25) is 0 Å². The average Bonchev–Trinajstić information content (AvgIpc) is 2.74. The van der Waals surface area contributed by atoms with E-state index in [1.165, 1.54) is 0 Å². The van der Waals surface area contributed by atoms with Crippen LogP contribution in [0.15, 0.2) is 15.8 Å². The summed E-state index contributed by atoms with van der Waals surface area (Å²) < 4.78 is 0.861. The van der Waals surface area contributed by atoms with Gasteiger partial charge in [0.2, 0.25) is 0 Å². The minimum Gasteiger partial charge on any atom is -0.392 e. The standard InChI is InChI=1S/C12H17BrN4O/c1-7(2)11-15-6-10(13)12(16-11)14-5-9-4-8(3)18-17-9/h6-8H,4-5H2,1-3H3,(H,14,15,16). The highest BCUT2D eigenvalue weighted by Crippen LogP contribution is 2.21. The van der Waals surface area contributed by atoms with Crippen LogP contribution in [0.2, 0.25) is 0 Å². The molecule has 18 heavy (non-hydrogen) atoms. The lowest BCUT2D eigenvalue weighted by atomic mass is 10.2. The molecule has 5 nitrogen and oxygen atoms in total. The van der Waals surface area contributed by atoms with Gasteiger partial charge in [0.1, 0.15) is 17.7 Å². The lowest BCUT2D eigenvalue weighted by Crippen LogP contribution is -2.15. The molecule has 0 amide bonds. The van der Waals surface area contributed by atoms with Gasteiger partial charge < -0.3 is 10.2 Å². The maximum Gasteiger partial charge on any atom is 0.144 e. The van der Waals surface area contributed by atoms with Gasteiger partial charge in [-0.05, 0) is 22.9 Å². The minimum absolute atomic E-state index is 0.182. The molecule has 1 N–H and O–H groups in total. The predicted molar refractivity (Wildman–Crippen MR) is 74.9 cm³/mol. The first kappa shape index (κ1) is 13.3. The zero-order valence-electron chi connectivity index (χ0n) is 10.8. The number of nitrogens with one attached hydrogen (secondary N) is 1. The van der Waals surface area contributed by atoms with Gasteiger partial charge in [0.05, 0.1) is 16.7 Å². The first-order valence-electron chi connectivity index (χ1n) is 6.04. The van der Waals surface area contributed by atoms with Crippen LogP contribution < -0.4 is 5.32 Å². The number of hydrogen-bond acceptors (Lipinski definition) is 5. The van der Waals surface area contributed by atoms with Crippen LogP contribution in [0.25, 0.3) is 0 Å². The van der Waals surface area contributed by atoms with E-state index in [0.29, 0.717) is 12.5 Å². The molecule has 0 saturated carbocycles. The minimum atomic E-state index is 0.182. The lowest BCUT2D eigenvalue weighted by molar-refractivity contribution is 0.0995. The summed E-state index contributed by atoms with van der Waals surface area (Å²) in [6.45, 7) is 6.80. The van der Waals surface area contributed by atoms with Gasteiger partial charge in [-0.1, -0.05) is 19.0 Å². The number of anilines is 1. The van der Waals surface area contributed by atoms with E-state index in [-0.39, 0.29) is 6.10 Å². The molecule has 0 bridgehead atoms. The number of halogens is 1. The van der Waals surface area contributed by atoms with Crippen molar-refractivity contribution in [3.63, 3.8) is 0 Å². The van der Waals surface area contributed by atoms with Crippen LogP contribution in [0.4, 0.5) is 5.82 Å². The van der Waals surface area contributed by atoms with Gasteiger partial charge in [0, 0.05) is 18.5 Å². The van der Waals surface area contributed by atoms with Crippen molar-refractivity contribution in [2.45, 2.75) is 39.2 Å². The molecule has 6 heteroatoms. The van der Waals surface area contributed by atoms with Crippen LogP contribution in [0.3, 0.4) is 0 Å². The Morgan fingerprint density at radius 1 is 1.56 bits per heavy atom. The molecule has 1 aromatic heterocycles. The summed E-state index contributed by atoms with van der Waals surface area (Å²) in [5.41, 5.74) is 1.01. The normalized spacial score (nSPS) is 18.7. The molecule has 0 aliphatic carbocycles. The van der Waals surface area contributed by atoms with E-state index in [2.05, 4.69) is 50.2 Å². The number of rotatable bonds is 4. The third kappa shape index (κ3) is 3.19. The van der Waals surface area contributed by atoms with E-state index in [1.54, 1.807) is 6.20 Å². The average molecular weight is 313 g/mol. The molecule has 0 aromatic carbocycles. The van der Waals surface area contributed by atoms with Crippen LogP contribution in [-0.2, 0) is 4.84 Å². The Hall–Kier alpha value is -1.17. The van der Waals surface area contributed by atoms with Gasteiger partial charge in [0.15, 0.2) is 0 Å². The maximum atomic E-state index is 5.15. The SMILES string of the molecule is CC1CC(CNc2nc(C(C)C)ncc2Br)=NO1. The van der Waals surface area contributed by atoms with Crippen LogP contribution >= 0.6 is 15.9 Å². The summed E-state index contributed by atoms with van der Waals surface area (Å²) >= 11 is 3.44. The molecular weight excluding hydrogens is 296 g/mol. The second-order valence-corrected chi connectivity index (χ2v) is 5.57. The predicted octanol–water partition coefficient (Wildman–Crippen LogP) is 2.94. The highest BCUT2D eigenvalue weighted by Gasteiger charge is 2.16. The van der Waals surface area contributed by atoms with Gasteiger partial charge in [-0.2, -0.15) is 0 Å². The summed E-state index contributed by atoms with van der Waals surface area (Å²) in [6, 6.07) is 0. The van der Waals surface area contributed by atoms with Crippen LogP contribution in [0.5, 0.6) is 0 Å². The third-order valence-corrected chi connectivity index (χ3v) is 3.20. The molecule has 0 radical (unpaired) electrons. The van der Waals surface area contributed by atoms with Crippen molar-refractivity contribution in [2.75, 3.05) is 11.9 Å². The van der Waals surface area contributed by atoms with Gasteiger partial charge in [-0.25, -0.2) is 9.97 Å². The quantitative estimate of drug-likeness (QED) is 0.928. The van der Waals surface area contributed by atoms with Crippen LogP contribution in [-0.4, -0.2) is 28.3 Å². The smallest absolute Gasteiger partial charge is 0.144 e. The Morgan fingerprint density at radius 3 is 2.94 bits per heavy atom. The van der Waals surface area contributed by atoms with Crippen molar-refractivity contribution < 1.29 is 4.84 Å². The summed E-state index contributed by atoms with van der Waals surface area (Å²) in [7, 11) is 0. The Balaban J connectivity index is 2.02. The van der Waals surface area contributed by atoms with E-state index in [1.807, 2.05) is 6.92 Å². The summed E-state index contributed by atoms with van der Waals surface area (Å²) in [5, 5.41) is 7.28. The molecular formula is C12H17BrN4O. The Bertz CT molecular complexity index is 461. The molecule has 0 spiro atoms.